The van der Waals surface area contributed by atoms with Crippen LogP contribution in [0.5, 0.6) is 0 Å². The van der Waals surface area contributed by atoms with E-state index in [0.29, 0.717) is 12.4 Å². The van der Waals surface area contributed by atoms with Crippen LogP contribution in [-0.4, -0.2) is 20.6 Å². The number of alkyl halides is 1. The van der Waals surface area contributed by atoms with E-state index in [1.54, 1.807) is 0 Å². The first-order chi connectivity index (χ1) is 5.24. The highest BCUT2D eigenvalue weighted by Crippen LogP contribution is 2.07. The fourth-order valence-electron chi connectivity index (χ4n) is 0.656. The summed E-state index contributed by atoms with van der Waals surface area (Å²) in [4.78, 5) is 9.65. The molecule has 0 N–H and O–H groups in total. The average molecular weight is 176 g/mol. The number of rotatable bonds is 3. The third-order valence-electron chi connectivity index (χ3n) is 1.14. The molecule has 0 radical (unpaired) electrons. The zero-order valence-corrected chi connectivity index (χ0v) is 6.36. The first kappa shape index (κ1) is 8.00. The van der Waals surface area contributed by atoms with E-state index in [1.165, 1.54) is 17.1 Å². The number of nitro groups is 1. The van der Waals surface area contributed by atoms with Crippen molar-refractivity contribution in [2.45, 2.75) is 6.54 Å². The van der Waals surface area contributed by atoms with Crippen molar-refractivity contribution in [2.75, 3.05) is 5.88 Å². The van der Waals surface area contributed by atoms with Gasteiger partial charge in [-0.3, -0.25) is 14.8 Å². The van der Waals surface area contributed by atoms with E-state index < -0.39 is 4.92 Å². The minimum Gasteiger partial charge on any atom is -0.264 e. The van der Waals surface area contributed by atoms with Crippen LogP contribution in [0.2, 0.25) is 0 Å². The van der Waals surface area contributed by atoms with Crippen LogP contribution in [-0.2, 0) is 6.54 Å². The Balaban J connectivity index is 2.73. The second-order valence-electron chi connectivity index (χ2n) is 1.91. The molecular weight excluding hydrogens is 170 g/mol. The molecule has 0 saturated heterocycles. The first-order valence-electron chi connectivity index (χ1n) is 2.97. The molecule has 0 unspecified atom stereocenters. The van der Waals surface area contributed by atoms with Crippen LogP contribution in [0.25, 0.3) is 0 Å². The molecule has 0 aliphatic heterocycles. The van der Waals surface area contributed by atoms with Crippen molar-refractivity contribution in [3.8, 4) is 0 Å². The van der Waals surface area contributed by atoms with Crippen molar-refractivity contribution in [3.63, 3.8) is 0 Å². The van der Waals surface area contributed by atoms with Gasteiger partial charge in [-0.25, -0.2) is 0 Å². The van der Waals surface area contributed by atoms with Gasteiger partial charge in [-0.15, -0.1) is 11.6 Å². The summed E-state index contributed by atoms with van der Waals surface area (Å²) in [6.45, 7) is 0.495. The van der Waals surface area contributed by atoms with E-state index >= 15 is 0 Å². The average Bonchev–Trinajstić information content (AvgIpc) is 2.37. The van der Waals surface area contributed by atoms with E-state index in [2.05, 4.69) is 5.10 Å². The first-order valence-corrected chi connectivity index (χ1v) is 3.50. The minimum absolute atomic E-state index is 0.00452. The molecule has 11 heavy (non-hydrogen) atoms. The number of aromatic nitrogens is 2. The molecule has 1 rings (SSSR count). The van der Waals surface area contributed by atoms with Crippen LogP contribution in [0.4, 0.5) is 5.69 Å². The molecule has 0 aliphatic carbocycles. The molecule has 0 bridgehead atoms. The Kier molecular flexibility index (Phi) is 2.43. The van der Waals surface area contributed by atoms with Gasteiger partial charge in [-0.2, -0.15) is 5.10 Å². The fraction of sp³-hybridized carbons (Fsp3) is 0.400. The molecule has 60 valence electrons. The van der Waals surface area contributed by atoms with E-state index in [4.69, 9.17) is 11.6 Å². The molecule has 1 heterocycles. The smallest absolute Gasteiger partial charge is 0.264 e. The summed E-state index contributed by atoms with van der Waals surface area (Å²) in [7, 11) is 0. The molecule has 6 heteroatoms. The Labute approximate surface area is 67.7 Å². The van der Waals surface area contributed by atoms with Gasteiger partial charge in [-0.05, 0) is 0 Å². The van der Waals surface area contributed by atoms with Crippen LogP contribution >= 0.6 is 11.6 Å². The summed E-state index contributed by atoms with van der Waals surface area (Å²) in [5.41, 5.74) is -0.00452. The molecule has 0 fully saturated rings. The minimum atomic E-state index is -0.488. The summed E-state index contributed by atoms with van der Waals surface area (Å²) in [6, 6.07) is 0. The van der Waals surface area contributed by atoms with Gasteiger partial charge < -0.3 is 0 Å². The van der Waals surface area contributed by atoms with E-state index in [9.17, 15) is 10.1 Å². The molecule has 0 aromatic carbocycles. The lowest BCUT2D eigenvalue weighted by atomic mass is 10.6. The van der Waals surface area contributed by atoms with Crippen molar-refractivity contribution in [1.29, 1.82) is 0 Å². The summed E-state index contributed by atoms with van der Waals surface area (Å²) < 4.78 is 1.44. The van der Waals surface area contributed by atoms with Crippen LogP contribution in [0.1, 0.15) is 0 Å². The van der Waals surface area contributed by atoms with Gasteiger partial charge >= 0.3 is 5.69 Å². The predicted molar refractivity (Wildman–Crippen MR) is 39.6 cm³/mol. The van der Waals surface area contributed by atoms with Crippen molar-refractivity contribution in [3.05, 3.63) is 22.5 Å². The van der Waals surface area contributed by atoms with Crippen LogP contribution in [0, 0.1) is 10.1 Å². The number of hydrogen-bond donors (Lipinski definition) is 0. The second-order valence-corrected chi connectivity index (χ2v) is 2.29. The van der Waals surface area contributed by atoms with Crippen molar-refractivity contribution in [2.24, 2.45) is 0 Å². The normalized spacial score (nSPS) is 9.91. The summed E-state index contributed by atoms with van der Waals surface area (Å²) in [6.07, 6.45) is 2.55. The molecule has 1 aromatic rings. The van der Waals surface area contributed by atoms with Crippen molar-refractivity contribution < 1.29 is 4.92 Å². The highest BCUT2D eigenvalue weighted by atomic mass is 35.5. The summed E-state index contributed by atoms with van der Waals surface area (Å²) >= 11 is 5.39. The zero-order chi connectivity index (χ0) is 8.27. The van der Waals surface area contributed by atoms with Crippen LogP contribution in [0.3, 0.4) is 0 Å². The molecular formula is C5H6ClN3O2. The van der Waals surface area contributed by atoms with Gasteiger partial charge in [0.2, 0.25) is 0 Å². The van der Waals surface area contributed by atoms with Gasteiger partial charge in [0.1, 0.15) is 12.4 Å². The SMILES string of the molecule is O=[N+]([O-])c1cnn(CCCl)c1. The molecule has 5 nitrogen and oxygen atoms in total. The Morgan fingerprint density at radius 3 is 3.00 bits per heavy atom. The molecule has 0 amide bonds. The standard InChI is InChI=1S/C5H6ClN3O2/c6-1-2-8-4-5(3-7-8)9(10)11/h3-4H,1-2H2. The maximum Gasteiger partial charge on any atom is 0.306 e. The summed E-state index contributed by atoms with van der Waals surface area (Å²) in [5.74, 6) is 0.402. The summed E-state index contributed by atoms with van der Waals surface area (Å²) in [5, 5.41) is 13.9. The second kappa shape index (κ2) is 3.34. The van der Waals surface area contributed by atoms with Gasteiger partial charge in [0.15, 0.2) is 0 Å². The molecule has 0 aliphatic rings. The Morgan fingerprint density at radius 2 is 2.55 bits per heavy atom. The molecule has 0 spiro atoms. The van der Waals surface area contributed by atoms with Gasteiger partial charge in [0, 0.05) is 5.88 Å². The number of nitrogens with zero attached hydrogens (tertiary/aromatic N) is 3. The Morgan fingerprint density at radius 1 is 1.82 bits per heavy atom. The topological polar surface area (TPSA) is 61.0 Å². The fourth-order valence-corrected chi connectivity index (χ4v) is 0.829. The predicted octanol–water partition coefficient (Wildman–Crippen LogP) is 1.03. The van der Waals surface area contributed by atoms with Crippen molar-refractivity contribution >= 4 is 17.3 Å². The van der Waals surface area contributed by atoms with E-state index in [-0.39, 0.29) is 5.69 Å². The number of halogens is 1. The van der Waals surface area contributed by atoms with Crippen molar-refractivity contribution in [1.82, 2.24) is 9.78 Å². The maximum atomic E-state index is 10.1. The zero-order valence-electron chi connectivity index (χ0n) is 5.61. The number of hydrogen-bond acceptors (Lipinski definition) is 3. The molecule has 0 atom stereocenters. The Hall–Kier alpha value is -1.10. The largest absolute Gasteiger partial charge is 0.306 e. The van der Waals surface area contributed by atoms with Gasteiger partial charge in [0.05, 0.1) is 11.5 Å². The highest BCUT2D eigenvalue weighted by molar-refractivity contribution is 6.17. The molecule has 1 aromatic heterocycles. The lowest BCUT2D eigenvalue weighted by Crippen LogP contribution is -1.98. The number of aryl methyl sites for hydroxylation is 1. The lowest BCUT2D eigenvalue weighted by Gasteiger charge is -1.91. The highest BCUT2D eigenvalue weighted by Gasteiger charge is 2.07. The van der Waals surface area contributed by atoms with Gasteiger partial charge in [0.25, 0.3) is 0 Å². The lowest BCUT2D eigenvalue weighted by molar-refractivity contribution is -0.385. The van der Waals surface area contributed by atoms with E-state index in [1.807, 2.05) is 0 Å². The third-order valence-corrected chi connectivity index (χ3v) is 1.31. The Bertz CT molecular complexity index is 260. The van der Waals surface area contributed by atoms with Gasteiger partial charge in [-0.1, -0.05) is 0 Å². The third kappa shape index (κ3) is 1.91. The molecule has 0 saturated carbocycles. The quantitative estimate of drug-likeness (QED) is 0.392. The van der Waals surface area contributed by atoms with E-state index in [0.717, 1.165) is 0 Å². The van der Waals surface area contributed by atoms with Crippen LogP contribution < -0.4 is 0 Å². The maximum absolute atomic E-state index is 10.1. The van der Waals surface area contributed by atoms with Crippen LogP contribution in [0.15, 0.2) is 12.4 Å². The monoisotopic (exact) mass is 175 g/mol.